The molecule has 1 aromatic rings. The van der Waals surface area contributed by atoms with Crippen molar-refractivity contribution in [3.63, 3.8) is 0 Å². The summed E-state index contributed by atoms with van der Waals surface area (Å²) < 4.78 is 49.7. The van der Waals surface area contributed by atoms with Gasteiger partial charge >= 0.3 is 0 Å². The van der Waals surface area contributed by atoms with Crippen LogP contribution in [0.15, 0.2) is 34.1 Å². The van der Waals surface area contributed by atoms with E-state index in [-0.39, 0.29) is 34.8 Å². The third-order valence-electron chi connectivity index (χ3n) is 3.07. The van der Waals surface area contributed by atoms with Crippen molar-refractivity contribution < 1.29 is 16.8 Å². The van der Waals surface area contributed by atoms with Gasteiger partial charge in [-0.05, 0) is 30.7 Å². The van der Waals surface area contributed by atoms with Crippen LogP contribution >= 0.6 is 12.4 Å². The molecule has 0 aliphatic carbocycles. The van der Waals surface area contributed by atoms with E-state index in [2.05, 4.69) is 4.72 Å². The standard InChI is InChI=1S/C13H22N2O4S2.ClH/c1-3-4-5-11(10-14)15-21(18,19)13-8-6-12(7-9-13)20(2,16)17;/h6-9,11,15H,3-5,10,14H2,1-2H3;1H. The smallest absolute Gasteiger partial charge is 0.240 e. The first-order valence-corrected chi connectivity index (χ1v) is 10.1. The molecule has 3 N–H and O–H groups in total. The molecule has 1 rings (SSSR count). The Morgan fingerprint density at radius 1 is 1.09 bits per heavy atom. The number of rotatable bonds is 8. The van der Waals surface area contributed by atoms with Gasteiger partial charge in [-0.15, -0.1) is 12.4 Å². The van der Waals surface area contributed by atoms with Crippen LogP contribution in [0.1, 0.15) is 26.2 Å². The van der Waals surface area contributed by atoms with Crippen molar-refractivity contribution >= 4 is 32.3 Å². The number of hydrogen-bond donors (Lipinski definition) is 2. The number of sulfone groups is 1. The third-order valence-corrected chi connectivity index (χ3v) is 5.74. The summed E-state index contributed by atoms with van der Waals surface area (Å²) in [6, 6.07) is 4.82. The molecule has 0 saturated carbocycles. The summed E-state index contributed by atoms with van der Waals surface area (Å²) in [5.74, 6) is 0. The number of nitrogens with two attached hydrogens (primary N) is 1. The van der Waals surface area contributed by atoms with Gasteiger partial charge < -0.3 is 5.73 Å². The Kier molecular flexibility index (Phi) is 8.56. The van der Waals surface area contributed by atoms with Gasteiger partial charge in [0.2, 0.25) is 10.0 Å². The van der Waals surface area contributed by atoms with Crippen molar-refractivity contribution in [2.24, 2.45) is 5.73 Å². The number of sulfonamides is 1. The van der Waals surface area contributed by atoms with E-state index in [9.17, 15) is 16.8 Å². The lowest BCUT2D eigenvalue weighted by Crippen LogP contribution is -2.40. The average Bonchev–Trinajstić information content (AvgIpc) is 2.42. The lowest BCUT2D eigenvalue weighted by atomic mass is 10.1. The summed E-state index contributed by atoms with van der Waals surface area (Å²) in [4.78, 5) is 0.118. The first kappa shape index (κ1) is 21.3. The maximum absolute atomic E-state index is 12.2. The molecule has 9 heteroatoms. The lowest BCUT2D eigenvalue weighted by molar-refractivity contribution is 0.516. The van der Waals surface area contributed by atoms with Gasteiger partial charge in [0.1, 0.15) is 0 Å². The molecule has 0 bridgehead atoms. The highest BCUT2D eigenvalue weighted by atomic mass is 35.5. The summed E-state index contributed by atoms with van der Waals surface area (Å²) in [6.45, 7) is 2.24. The van der Waals surface area contributed by atoms with Crippen LogP contribution in [0.2, 0.25) is 0 Å². The Morgan fingerprint density at radius 2 is 1.59 bits per heavy atom. The molecule has 0 aliphatic heterocycles. The minimum absolute atomic E-state index is 0. The molecule has 6 nitrogen and oxygen atoms in total. The molecule has 0 spiro atoms. The van der Waals surface area contributed by atoms with Crippen molar-refractivity contribution in [2.75, 3.05) is 12.8 Å². The van der Waals surface area contributed by atoms with Crippen LogP contribution in [0, 0.1) is 0 Å². The van der Waals surface area contributed by atoms with Gasteiger partial charge in [0.05, 0.1) is 9.79 Å². The second-order valence-corrected chi connectivity index (χ2v) is 8.67. The average molecular weight is 371 g/mol. The predicted molar refractivity (Wildman–Crippen MR) is 89.5 cm³/mol. The summed E-state index contributed by atoms with van der Waals surface area (Å²) in [5.41, 5.74) is 5.57. The minimum Gasteiger partial charge on any atom is -0.329 e. The molecule has 0 fully saturated rings. The van der Waals surface area contributed by atoms with Gasteiger partial charge in [0.25, 0.3) is 0 Å². The molecule has 128 valence electrons. The summed E-state index contributed by atoms with van der Waals surface area (Å²) in [5, 5.41) is 0. The number of hydrogen-bond acceptors (Lipinski definition) is 5. The predicted octanol–water partition coefficient (Wildman–Crippen LogP) is 1.31. The van der Waals surface area contributed by atoms with E-state index in [1.807, 2.05) is 6.92 Å². The molecule has 0 radical (unpaired) electrons. The zero-order valence-corrected chi connectivity index (χ0v) is 15.1. The Balaban J connectivity index is 0.00000441. The van der Waals surface area contributed by atoms with Crippen LogP contribution in [-0.4, -0.2) is 35.7 Å². The molecule has 0 aliphatic rings. The van der Waals surface area contributed by atoms with Crippen molar-refractivity contribution in [3.8, 4) is 0 Å². The Hall–Kier alpha value is -0.670. The van der Waals surface area contributed by atoms with Crippen molar-refractivity contribution in [3.05, 3.63) is 24.3 Å². The summed E-state index contributed by atoms with van der Waals surface area (Å²) in [6.07, 6.45) is 3.59. The SMILES string of the molecule is CCCCC(CN)NS(=O)(=O)c1ccc(S(C)(=O)=O)cc1.Cl. The Morgan fingerprint density at radius 3 is 2.00 bits per heavy atom. The maximum Gasteiger partial charge on any atom is 0.240 e. The quantitative estimate of drug-likeness (QED) is 0.717. The van der Waals surface area contributed by atoms with E-state index in [0.29, 0.717) is 6.42 Å². The topological polar surface area (TPSA) is 106 Å². The second kappa shape index (κ2) is 8.83. The number of benzene rings is 1. The van der Waals surface area contributed by atoms with E-state index >= 15 is 0 Å². The number of nitrogens with one attached hydrogen (secondary N) is 1. The first-order chi connectivity index (χ1) is 9.70. The van der Waals surface area contributed by atoms with E-state index < -0.39 is 19.9 Å². The van der Waals surface area contributed by atoms with Crippen LogP contribution < -0.4 is 10.5 Å². The van der Waals surface area contributed by atoms with Crippen molar-refractivity contribution in [1.29, 1.82) is 0 Å². The highest BCUT2D eigenvalue weighted by Gasteiger charge is 2.19. The largest absolute Gasteiger partial charge is 0.329 e. The van der Waals surface area contributed by atoms with Gasteiger partial charge in [-0.25, -0.2) is 21.6 Å². The van der Waals surface area contributed by atoms with Gasteiger partial charge in [0, 0.05) is 18.8 Å². The van der Waals surface area contributed by atoms with Crippen LogP contribution in [0.5, 0.6) is 0 Å². The van der Waals surface area contributed by atoms with Crippen LogP contribution in [0.4, 0.5) is 0 Å². The van der Waals surface area contributed by atoms with Crippen molar-refractivity contribution in [2.45, 2.75) is 42.0 Å². The van der Waals surface area contributed by atoms with Gasteiger partial charge in [-0.3, -0.25) is 0 Å². The second-order valence-electron chi connectivity index (χ2n) is 4.94. The van der Waals surface area contributed by atoms with Crippen LogP contribution in [0.3, 0.4) is 0 Å². The first-order valence-electron chi connectivity index (χ1n) is 6.73. The van der Waals surface area contributed by atoms with E-state index in [1.165, 1.54) is 24.3 Å². The zero-order valence-electron chi connectivity index (χ0n) is 12.7. The molecule has 1 atom stereocenters. The lowest BCUT2D eigenvalue weighted by Gasteiger charge is -2.16. The fraction of sp³-hybridized carbons (Fsp3) is 0.538. The summed E-state index contributed by atoms with van der Waals surface area (Å²) >= 11 is 0. The molecular weight excluding hydrogens is 348 g/mol. The highest BCUT2D eigenvalue weighted by Crippen LogP contribution is 2.15. The fourth-order valence-corrected chi connectivity index (χ4v) is 3.74. The molecule has 1 aromatic carbocycles. The van der Waals surface area contributed by atoms with Gasteiger partial charge in [0.15, 0.2) is 9.84 Å². The monoisotopic (exact) mass is 370 g/mol. The van der Waals surface area contributed by atoms with Crippen LogP contribution in [-0.2, 0) is 19.9 Å². The molecule has 22 heavy (non-hydrogen) atoms. The maximum atomic E-state index is 12.2. The number of unbranched alkanes of at least 4 members (excludes halogenated alkanes) is 1. The molecule has 0 aromatic heterocycles. The number of halogens is 1. The Labute approximate surface area is 138 Å². The van der Waals surface area contributed by atoms with E-state index in [1.54, 1.807) is 0 Å². The third kappa shape index (κ3) is 6.21. The van der Waals surface area contributed by atoms with Gasteiger partial charge in [-0.1, -0.05) is 19.8 Å². The van der Waals surface area contributed by atoms with E-state index in [0.717, 1.165) is 19.1 Å². The fourth-order valence-electron chi connectivity index (χ4n) is 1.83. The molecular formula is C13H23ClN2O4S2. The van der Waals surface area contributed by atoms with Crippen LogP contribution in [0.25, 0.3) is 0 Å². The van der Waals surface area contributed by atoms with E-state index in [4.69, 9.17) is 5.73 Å². The normalized spacial score (nSPS) is 13.4. The molecule has 0 heterocycles. The minimum atomic E-state index is -3.69. The van der Waals surface area contributed by atoms with Gasteiger partial charge in [-0.2, -0.15) is 0 Å². The summed E-state index contributed by atoms with van der Waals surface area (Å²) in [7, 11) is -7.03. The Bertz CT molecular complexity index is 658. The molecule has 1 unspecified atom stereocenters. The van der Waals surface area contributed by atoms with Crippen molar-refractivity contribution in [1.82, 2.24) is 4.72 Å². The zero-order chi connectivity index (χ0) is 16.1. The highest BCUT2D eigenvalue weighted by molar-refractivity contribution is 7.90. The molecule has 0 saturated heterocycles. The molecule has 0 amide bonds.